The molecule has 0 bridgehead atoms. The van der Waals surface area contributed by atoms with Gasteiger partial charge in [0, 0.05) is 18.6 Å². The van der Waals surface area contributed by atoms with Crippen molar-refractivity contribution in [2.45, 2.75) is 64.0 Å². The summed E-state index contributed by atoms with van der Waals surface area (Å²) in [5, 5.41) is 3.37. The predicted molar refractivity (Wildman–Crippen MR) is 69.7 cm³/mol. The van der Waals surface area contributed by atoms with Gasteiger partial charge in [0.1, 0.15) is 0 Å². The van der Waals surface area contributed by atoms with Crippen LogP contribution in [0.1, 0.15) is 51.9 Å². The van der Waals surface area contributed by atoms with Gasteiger partial charge in [-0.05, 0) is 51.6 Å². The van der Waals surface area contributed by atoms with E-state index in [2.05, 4.69) is 24.2 Å². The van der Waals surface area contributed by atoms with Crippen LogP contribution in [0.5, 0.6) is 0 Å². The van der Waals surface area contributed by atoms with Crippen molar-refractivity contribution in [3.63, 3.8) is 0 Å². The van der Waals surface area contributed by atoms with E-state index in [1.807, 2.05) is 0 Å². The minimum absolute atomic E-state index is 0.774. The summed E-state index contributed by atoms with van der Waals surface area (Å²) in [5.41, 5.74) is 0. The van der Waals surface area contributed by atoms with E-state index in [1.165, 1.54) is 58.0 Å². The molecule has 2 rings (SSSR count). The van der Waals surface area contributed by atoms with Gasteiger partial charge in [0.25, 0.3) is 0 Å². The molecular weight excluding hydrogens is 196 g/mol. The number of likely N-dealkylation sites (N-methyl/N-ethyl adjacent to an activating group) is 1. The van der Waals surface area contributed by atoms with Crippen molar-refractivity contribution < 1.29 is 0 Å². The summed E-state index contributed by atoms with van der Waals surface area (Å²) in [5.74, 6) is 1.02. The van der Waals surface area contributed by atoms with Crippen molar-refractivity contribution in [2.75, 3.05) is 20.1 Å². The molecule has 1 saturated heterocycles. The lowest BCUT2D eigenvalue weighted by Crippen LogP contribution is -2.53. The van der Waals surface area contributed by atoms with Crippen LogP contribution in [-0.4, -0.2) is 37.1 Å². The van der Waals surface area contributed by atoms with Gasteiger partial charge in [0.2, 0.25) is 0 Å². The lowest BCUT2D eigenvalue weighted by Gasteiger charge is -2.47. The molecule has 2 fully saturated rings. The number of nitrogens with one attached hydrogen (secondary N) is 1. The first-order valence-electron chi connectivity index (χ1n) is 7.27. The van der Waals surface area contributed by atoms with Crippen LogP contribution in [0.4, 0.5) is 0 Å². The van der Waals surface area contributed by atoms with Crippen molar-refractivity contribution in [1.82, 2.24) is 10.2 Å². The summed E-state index contributed by atoms with van der Waals surface area (Å²) in [6.45, 7) is 4.86. The highest BCUT2D eigenvalue weighted by molar-refractivity contribution is 4.90. The zero-order chi connectivity index (χ0) is 11.4. The molecule has 0 spiro atoms. The third-order valence-corrected chi connectivity index (χ3v) is 4.67. The Balaban J connectivity index is 2.00. The van der Waals surface area contributed by atoms with E-state index in [4.69, 9.17) is 0 Å². The monoisotopic (exact) mass is 224 g/mol. The Hall–Kier alpha value is -0.0800. The topological polar surface area (TPSA) is 15.3 Å². The maximum absolute atomic E-state index is 3.37. The van der Waals surface area contributed by atoms with Crippen LogP contribution >= 0.6 is 0 Å². The average molecular weight is 224 g/mol. The first kappa shape index (κ1) is 12.4. The number of rotatable bonds is 4. The second-order valence-corrected chi connectivity index (χ2v) is 5.61. The van der Waals surface area contributed by atoms with Gasteiger partial charge < -0.3 is 5.32 Å². The number of hydrogen-bond acceptors (Lipinski definition) is 2. The Morgan fingerprint density at radius 3 is 2.69 bits per heavy atom. The summed E-state index contributed by atoms with van der Waals surface area (Å²) >= 11 is 0. The van der Waals surface area contributed by atoms with Crippen LogP contribution in [0.15, 0.2) is 0 Å². The molecule has 1 saturated carbocycles. The van der Waals surface area contributed by atoms with Crippen molar-refractivity contribution in [3.8, 4) is 0 Å². The van der Waals surface area contributed by atoms with Gasteiger partial charge in [-0.25, -0.2) is 0 Å². The predicted octanol–water partition coefficient (Wildman–Crippen LogP) is 2.64. The second-order valence-electron chi connectivity index (χ2n) is 5.61. The van der Waals surface area contributed by atoms with E-state index in [0.717, 1.165) is 18.0 Å². The number of likely N-dealkylation sites (tertiary alicyclic amines) is 1. The van der Waals surface area contributed by atoms with Gasteiger partial charge in [-0.2, -0.15) is 0 Å². The summed E-state index contributed by atoms with van der Waals surface area (Å²) in [6, 6.07) is 1.69. The van der Waals surface area contributed by atoms with E-state index < -0.39 is 0 Å². The molecule has 16 heavy (non-hydrogen) atoms. The third-order valence-electron chi connectivity index (χ3n) is 4.67. The molecule has 3 atom stereocenters. The maximum atomic E-state index is 3.37. The Morgan fingerprint density at radius 1 is 1.19 bits per heavy atom. The highest BCUT2D eigenvalue weighted by Gasteiger charge is 2.35. The van der Waals surface area contributed by atoms with Gasteiger partial charge in [-0.3, -0.25) is 4.90 Å². The largest absolute Gasteiger partial charge is 0.318 e. The zero-order valence-corrected chi connectivity index (χ0v) is 11.0. The number of fused-ring (bicyclic) bond motifs is 1. The van der Waals surface area contributed by atoms with Gasteiger partial charge in [0.15, 0.2) is 0 Å². The van der Waals surface area contributed by atoms with Crippen LogP contribution < -0.4 is 5.32 Å². The highest BCUT2D eigenvalue weighted by atomic mass is 15.2. The molecule has 0 aromatic carbocycles. The van der Waals surface area contributed by atoms with Crippen LogP contribution in [0.2, 0.25) is 0 Å². The van der Waals surface area contributed by atoms with Crippen molar-refractivity contribution >= 4 is 0 Å². The van der Waals surface area contributed by atoms with Gasteiger partial charge in [-0.1, -0.05) is 19.8 Å². The molecular formula is C14H28N2. The van der Waals surface area contributed by atoms with E-state index in [9.17, 15) is 0 Å². The molecule has 0 amide bonds. The SMILES string of the molecule is CCC(CNC)N1CCC[C@H]2CCCC[C@H]21. The normalized spacial score (nSPS) is 33.4. The van der Waals surface area contributed by atoms with E-state index >= 15 is 0 Å². The second kappa shape index (κ2) is 6.02. The Bertz CT molecular complexity index is 203. The van der Waals surface area contributed by atoms with Crippen molar-refractivity contribution in [1.29, 1.82) is 0 Å². The Labute approximate surface area is 101 Å². The first-order chi connectivity index (χ1) is 7.86. The Kier molecular flexibility index (Phi) is 4.66. The molecule has 0 radical (unpaired) electrons. The molecule has 2 aliphatic rings. The third kappa shape index (κ3) is 2.60. The molecule has 2 nitrogen and oxygen atoms in total. The van der Waals surface area contributed by atoms with Crippen molar-refractivity contribution in [2.24, 2.45) is 5.92 Å². The minimum atomic E-state index is 0.774. The molecule has 0 aromatic rings. The van der Waals surface area contributed by atoms with E-state index in [0.29, 0.717) is 0 Å². The molecule has 1 aliphatic heterocycles. The molecule has 2 heteroatoms. The number of hydrogen-bond donors (Lipinski definition) is 1. The summed E-state index contributed by atoms with van der Waals surface area (Å²) in [7, 11) is 2.09. The zero-order valence-electron chi connectivity index (χ0n) is 11.0. The fourth-order valence-corrected chi connectivity index (χ4v) is 3.85. The first-order valence-corrected chi connectivity index (χ1v) is 7.27. The fraction of sp³-hybridized carbons (Fsp3) is 1.00. The standard InChI is InChI=1S/C14H28N2/c1-3-13(11-15-2)16-10-6-8-12-7-4-5-9-14(12)16/h12-15H,3-11H2,1-2H3/t12-,13?,14-/m1/s1. The van der Waals surface area contributed by atoms with Crippen LogP contribution in [0.25, 0.3) is 0 Å². The highest BCUT2D eigenvalue weighted by Crippen LogP contribution is 2.36. The molecule has 94 valence electrons. The lowest BCUT2D eigenvalue weighted by atomic mass is 9.77. The van der Waals surface area contributed by atoms with E-state index in [-0.39, 0.29) is 0 Å². The number of nitrogens with zero attached hydrogens (tertiary/aromatic N) is 1. The molecule has 1 heterocycles. The quantitative estimate of drug-likeness (QED) is 0.790. The van der Waals surface area contributed by atoms with Gasteiger partial charge in [0.05, 0.1) is 0 Å². The van der Waals surface area contributed by atoms with Crippen LogP contribution in [0.3, 0.4) is 0 Å². The fourth-order valence-electron chi connectivity index (χ4n) is 3.85. The molecule has 1 aliphatic carbocycles. The smallest absolute Gasteiger partial charge is 0.0220 e. The average Bonchev–Trinajstić information content (AvgIpc) is 2.35. The molecule has 1 unspecified atom stereocenters. The Morgan fingerprint density at radius 2 is 1.94 bits per heavy atom. The summed E-state index contributed by atoms with van der Waals surface area (Å²) in [6.07, 6.45) is 10.1. The van der Waals surface area contributed by atoms with Crippen molar-refractivity contribution in [3.05, 3.63) is 0 Å². The lowest BCUT2D eigenvalue weighted by molar-refractivity contribution is 0.0249. The minimum Gasteiger partial charge on any atom is -0.318 e. The summed E-state index contributed by atoms with van der Waals surface area (Å²) in [4.78, 5) is 2.84. The molecule has 0 aromatic heterocycles. The number of piperidine rings is 1. The maximum Gasteiger partial charge on any atom is 0.0220 e. The van der Waals surface area contributed by atoms with Crippen LogP contribution in [-0.2, 0) is 0 Å². The molecule has 1 N–H and O–H groups in total. The van der Waals surface area contributed by atoms with Gasteiger partial charge >= 0.3 is 0 Å². The van der Waals surface area contributed by atoms with Crippen LogP contribution in [0, 0.1) is 5.92 Å². The van der Waals surface area contributed by atoms with E-state index in [1.54, 1.807) is 0 Å². The van der Waals surface area contributed by atoms with Gasteiger partial charge in [-0.15, -0.1) is 0 Å². The summed E-state index contributed by atoms with van der Waals surface area (Å²) < 4.78 is 0.